The number of carbonyl (C=O) groups is 2. The Morgan fingerprint density at radius 1 is 1.00 bits per heavy atom. The Balaban J connectivity index is 1.81. The molecule has 2 rings (SSSR count). The standard InChI is InChI=1S/C21H25NO4/c1-4-16-5-9-18(10-6-16)15(2)22-20(23)14-26-19-11-7-17(8-12-19)13-21(24)25-3/h5-12,15H,4,13-14H2,1-3H3,(H,22,23). The van der Waals surface area contributed by atoms with E-state index in [1.165, 1.54) is 12.7 Å². The molecule has 0 aliphatic carbocycles. The summed E-state index contributed by atoms with van der Waals surface area (Å²) in [6.07, 6.45) is 1.21. The Bertz CT molecular complexity index is 723. The normalized spacial score (nSPS) is 11.5. The molecule has 0 saturated heterocycles. The highest BCUT2D eigenvalue weighted by Gasteiger charge is 2.10. The molecule has 2 aromatic rings. The number of carbonyl (C=O) groups excluding carboxylic acids is 2. The van der Waals surface area contributed by atoms with Crippen LogP contribution in [0.25, 0.3) is 0 Å². The van der Waals surface area contributed by atoms with Gasteiger partial charge in [0.05, 0.1) is 19.6 Å². The highest BCUT2D eigenvalue weighted by Crippen LogP contribution is 2.15. The third kappa shape index (κ3) is 5.92. The molecule has 0 spiro atoms. The highest BCUT2D eigenvalue weighted by molar-refractivity contribution is 5.78. The molecule has 2 aromatic carbocycles. The van der Waals surface area contributed by atoms with E-state index in [1.54, 1.807) is 24.3 Å². The number of amides is 1. The zero-order chi connectivity index (χ0) is 18.9. The number of hydrogen-bond acceptors (Lipinski definition) is 4. The van der Waals surface area contributed by atoms with Crippen LogP contribution in [0.5, 0.6) is 5.75 Å². The van der Waals surface area contributed by atoms with Gasteiger partial charge < -0.3 is 14.8 Å². The summed E-state index contributed by atoms with van der Waals surface area (Å²) in [4.78, 5) is 23.3. The molecule has 1 atom stereocenters. The molecule has 5 heteroatoms. The first kappa shape index (κ1) is 19.5. The number of esters is 1. The van der Waals surface area contributed by atoms with Crippen LogP contribution < -0.4 is 10.1 Å². The minimum Gasteiger partial charge on any atom is -0.484 e. The molecular formula is C21H25NO4. The van der Waals surface area contributed by atoms with E-state index in [9.17, 15) is 9.59 Å². The largest absolute Gasteiger partial charge is 0.484 e. The lowest BCUT2D eigenvalue weighted by atomic mass is 10.1. The first-order valence-electron chi connectivity index (χ1n) is 8.68. The SMILES string of the molecule is CCc1ccc(C(C)NC(=O)COc2ccc(CC(=O)OC)cc2)cc1. The van der Waals surface area contributed by atoms with E-state index in [4.69, 9.17) is 4.74 Å². The summed E-state index contributed by atoms with van der Waals surface area (Å²) in [5.74, 6) is 0.100. The molecule has 0 bridgehead atoms. The molecule has 1 N–H and O–H groups in total. The summed E-state index contributed by atoms with van der Waals surface area (Å²) in [5, 5.41) is 2.92. The average Bonchev–Trinajstić information content (AvgIpc) is 2.67. The molecule has 1 amide bonds. The van der Waals surface area contributed by atoms with E-state index in [-0.39, 0.29) is 30.9 Å². The van der Waals surface area contributed by atoms with Crippen LogP contribution in [-0.2, 0) is 27.2 Å². The van der Waals surface area contributed by atoms with Gasteiger partial charge in [-0.1, -0.05) is 43.3 Å². The lowest BCUT2D eigenvalue weighted by molar-refractivity contribution is -0.139. The van der Waals surface area contributed by atoms with Crippen molar-refractivity contribution in [2.24, 2.45) is 0 Å². The number of ether oxygens (including phenoxy) is 2. The minimum atomic E-state index is -0.293. The molecule has 26 heavy (non-hydrogen) atoms. The Morgan fingerprint density at radius 3 is 2.19 bits per heavy atom. The number of methoxy groups -OCH3 is 1. The van der Waals surface area contributed by atoms with Gasteiger partial charge in [-0.2, -0.15) is 0 Å². The predicted octanol–water partition coefficient (Wildman–Crippen LogP) is 3.22. The second-order valence-corrected chi connectivity index (χ2v) is 6.07. The van der Waals surface area contributed by atoms with Gasteiger partial charge in [0.15, 0.2) is 6.61 Å². The molecule has 138 valence electrons. The van der Waals surface area contributed by atoms with Crippen molar-refractivity contribution in [3.63, 3.8) is 0 Å². The number of benzene rings is 2. The van der Waals surface area contributed by atoms with Crippen molar-refractivity contribution < 1.29 is 19.1 Å². The van der Waals surface area contributed by atoms with Crippen LogP contribution in [-0.4, -0.2) is 25.6 Å². The van der Waals surface area contributed by atoms with Crippen LogP contribution in [0.4, 0.5) is 0 Å². The van der Waals surface area contributed by atoms with Gasteiger partial charge in [0.1, 0.15) is 5.75 Å². The number of nitrogens with one attached hydrogen (secondary N) is 1. The summed E-state index contributed by atoms with van der Waals surface area (Å²) in [6, 6.07) is 15.2. The summed E-state index contributed by atoms with van der Waals surface area (Å²) in [5.41, 5.74) is 3.16. The molecule has 0 heterocycles. The monoisotopic (exact) mass is 355 g/mol. The fraction of sp³-hybridized carbons (Fsp3) is 0.333. The zero-order valence-electron chi connectivity index (χ0n) is 15.5. The third-order valence-electron chi connectivity index (χ3n) is 4.13. The van der Waals surface area contributed by atoms with Crippen molar-refractivity contribution in [3.05, 3.63) is 65.2 Å². The van der Waals surface area contributed by atoms with E-state index in [2.05, 4.69) is 29.1 Å². The maximum Gasteiger partial charge on any atom is 0.309 e. The minimum absolute atomic E-state index is 0.0618. The summed E-state index contributed by atoms with van der Waals surface area (Å²) in [6.45, 7) is 3.99. The van der Waals surface area contributed by atoms with Crippen molar-refractivity contribution in [2.75, 3.05) is 13.7 Å². The van der Waals surface area contributed by atoms with E-state index in [1.807, 2.05) is 19.1 Å². The van der Waals surface area contributed by atoms with Gasteiger partial charge in [0.25, 0.3) is 5.91 Å². The zero-order valence-corrected chi connectivity index (χ0v) is 15.5. The quantitative estimate of drug-likeness (QED) is 0.739. The van der Waals surface area contributed by atoms with Crippen LogP contribution >= 0.6 is 0 Å². The smallest absolute Gasteiger partial charge is 0.309 e. The Labute approximate surface area is 154 Å². The first-order valence-corrected chi connectivity index (χ1v) is 8.68. The van der Waals surface area contributed by atoms with Crippen molar-refractivity contribution >= 4 is 11.9 Å². The summed E-state index contributed by atoms with van der Waals surface area (Å²) < 4.78 is 10.1. The Hall–Kier alpha value is -2.82. The van der Waals surface area contributed by atoms with Crippen LogP contribution in [0.15, 0.2) is 48.5 Å². The molecule has 0 aromatic heterocycles. The fourth-order valence-corrected chi connectivity index (χ4v) is 2.50. The fourth-order valence-electron chi connectivity index (χ4n) is 2.50. The van der Waals surface area contributed by atoms with Gasteiger partial charge in [-0.15, -0.1) is 0 Å². The van der Waals surface area contributed by atoms with Crippen LogP contribution in [0.2, 0.25) is 0 Å². The van der Waals surface area contributed by atoms with Crippen molar-refractivity contribution in [1.82, 2.24) is 5.32 Å². The molecule has 1 unspecified atom stereocenters. The van der Waals surface area contributed by atoms with E-state index in [0.717, 1.165) is 17.5 Å². The van der Waals surface area contributed by atoms with Gasteiger partial charge >= 0.3 is 5.97 Å². The molecular weight excluding hydrogens is 330 g/mol. The van der Waals surface area contributed by atoms with Crippen LogP contribution in [0, 0.1) is 0 Å². The van der Waals surface area contributed by atoms with E-state index in [0.29, 0.717) is 5.75 Å². The molecule has 0 fully saturated rings. The molecule has 0 saturated carbocycles. The average molecular weight is 355 g/mol. The number of rotatable bonds is 8. The molecule has 0 radical (unpaired) electrons. The van der Waals surface area contributed by atoms with Gasteiger partial charge in [-0.25, -0.2) is 0 Å². The first-order chi connectivity index (χ1) is 12.5. The van der Waals surface area contributed by atoms with Crippen LogP contribution in [0.1, 0.15) is 36.6 Å². The summed E-state index contributed by atoms with van der Waals surface area (Å²) in [7, 11) is 1.36. The summed E-state index contributed by atoms with van der Waals surface area (Å²) >= 11 is 0. The van der Waals surface area contributed by atoms with Crippen molar-refractivity contribution in [3.8, 4) is 5.75 Å². The third-order valence-corrected chi connectivity index (χ3v) is 4.13. The second kappa shape index (κ2) is 9.61. The number of aryl methyl sites for hydroxylation is 1. The van der Waals surface area contributed by atoms with Crippen molar-refractivity contribution in [1.29, 1.82) is 0 Å². The van der Waals surface area contributed by atoms with Gasteiger partial charge in [-0.05, 0) is 42.2 Å². The second-order valence-electron chi connectivity index (χ2n) is 6.07. The van der Waals surface area contributed by atoms with E-state index >= 15 is 0 Å². The lowest BCUT2D eigenvalue weighted by Gasteiger charge is -2.15. The van der Waals surface area contributed by atoms with Gasteiger partial charge in [0.2, 0.25) is 0 Å². The molecule has 5 nitrogen and oxygen atoms in total. The molecule has 0 aliphatic rings. The Morgan fingerprint density at radius 2 is 1.62 bits per heavy atom. The van der Waals surface area contributed by atoms with Gasteiger partial charge in [0, 0.05) is 0 Å². The lowest BCUT2D eigenvalue weighted by Crippen LogP contribution is -2.31. The predicted molar refractivity (Wildman–Crippen MR) is 100 cm³/mol. The maximum atomic E-state index is 12.1. The molecule has 0 aliphatic heterocycles. The Kier molecular flexibility index (Phi) is 7.21. The maximum absolute atomic E-state index is 12.1. The highest BCUT2D eigenvalue weighted by atomic mass is 16.5. The van der Waals surface area contributed by atoms with Gasteiger partial charge in [-0.3, -0.25) is 9.59 Å². The number of hydrogen-bond donors (Lipinski definition) is 1. The van der Waals surface area contributed by atoms with Crippen molar-refractivity contribution in [2.45, 2.75) is 32.7 Å². The van der Waals surface area contributed by atoms with Crippen LogP contribution in [0.3, 0.4) is 0 Å². The topological polar surface area (TPSA) is 64.6 Å². The van der Waals surface area contributed by atoms with E-state index < -0.39 is 0 Å².